The van der Waals surface area contributed by atoms with Crippen LogP contribution in [-0.2, 0) is 4.79 Å². The third kappa shape index (κ3) is 6.92. The molecule has 0 spiro atoms. The van der Waals surface area contributed by atoms with E-state index in [2.05, 4.69) is 25.7 Å². The number of nitrogens with one attached hydrogen (secondary N) is 2. The third-order valence-electron chi connectivity index (χ3n) is 7.53. The Bertz CT molecular complexity index is 1350. The summed E-state index contributed by atoms with van der Waals surface area (Å²) < 4.78 is 67.0. The molecule has 214 valence electrons. The van der Waals surface area contributed by atoms with E-state index in [9.17, 15) is 31.5 Å². The lowest BCUT2D eigenvalue weighted by Gasteiger charge is -2.33. The number of fused-ring (bicyclic) bond motifs is 1. The van der Waals surface area contributed by atoms with Gasteiger partial charge < -0.3 is 10.6 Å². The van der Waals surface area contributed by atoms with Gasteiger partial charge in [-0.3, -0.25) is 14.6 Å². The normalized spacial score (nSPS) is 19.2. The Morgan fingerprint density at radius 3 is 2.42 bits per heavy atom. The molecule has 0 aromatic carbocycles. The number of rotatable bonds is 9. The zero-order valence-electron chi connectivity index (χ0n) is 21.5. The van der Waals surface area contributed by atoms with E-state index in [0.717, 1.165) is 12.8 Å². The highest BCUT2D eigenvalue weighted by atomic mass is 19.4. The lowest BCUT2D eigenvalue weighted by atomic mass is 9.81. The molecule has 2 N–H and O–H groups in total. The van der Waals surface area contributed by atoms with Gasteiger partial charge in [0.2, 0.25) is 11.8 Å². The largest absolute Gasteiger partial charge is 0.389 e. The predicted octanol–water partition coefficient (Wildman–Crippen LogP) is 5.33. The molecule has 0 unspecified atom stereocenters. The van der Waals surface area contributed by atoms with Crippen molar-refractivity contribution in [2.75, 3.05) is 0 Å². The summed E-state index contributed by atoms with van der Waals surface area (Å²) in [5.41, 5.74) is 1.80. The second-order valence-corrected chi connectivity index (χ2v) is 10.6. The van der Waals surface area contributed by atoms with Gasteiger partial charge >= 0.3 is 6.18 Å². The molecule has 0 saturated heterocycles. The van der Waals surface area contributed by atoms with Gasteiger partial charge in [-0.25, -0.2) is 18.3 Å². The van der Waals surface area contributed by atoms with Crippen LogP contribution in [0, 0.1) is 11.8 Å². The summed E-state index contributed by atoms with van der Waals surface area (Å²) in [5.74, 6) is -4.03. The predicted molar refractivity (Wildman–Crippen MR) is 133 cm³/mol. The van der Waals surface area contributed by atoms with Crippen LogP contribution in [0.5, 0.6) is 0 Å². The summed E-state index contributed by atoms with van der Waals surface area (Å²) in [4.78, 5) is 33.9. The average molecular weight is 565 g/mol. The van der Waals surface area contributed by atoms with Gasteiger partial charge in [0.25, 0.3) is 5.91 Å². The number of hydrogen-bond donors (Lipinski definition) is 2. The van der Waals surface area contributed by atoms with Gasteiger partial charge in [0.15, 0.2) is 5.65 Å². The fourth-order valence-corrected chi connectivity index (χ4v) is 5.18. The highest BCUT2D eigenvalue weighted by Crippen LogP contribution is 2.43. The van der Waals surface area contributed by atoms with Crippen LogP contribution in [0.25, 0.3) is 5.65 Å². The standard InChI is InChI=1S/C27H29F5N6O2/c28-26(29)8-5-17(6-9-26)24(37-25(40)18-2-1-11-33-13-18)20-15-38-21(35-20)12-19(14-34-38)23(16-3-4-16)36-22(39)7-10-27(30,31)32/h1-2,11-17,23-24H,3-10H2,(H,36,39)(H,37,40)/t23-,24+/m1/s1. The Morgan fingerprint density at radius 2 is 1.77 bits per heavy atom. The number of aromatic nitrogens is 4. The van der Waals surface area contributed by atoms with Crippen LogP contribution in [0.4, 0.5) is 22.0 Å². The minimum atomic E-state index is -4.42. The van der Waals surface area contributed by atoms with Crippen molar-refractivity contribution < 1.29 is 31.5 Å². The fourth-order valence-electron chi connectivity index (χ4n) is 5.18. The van der Waals surface area contributed by atoms with E-state index in [-0.39, 0.29) is 37.5 Å². The molecule has 13 heteroatoms. The molecule has 8 nitrogen and oxygen atoms in total. The summed E-state index contributed by atoms with van der Waals surface area (Å²) in [6.45, 7) is 0. The second kappa shape index (κ2) is 11.1. The molecule has 3 heterocycles. The molecule has 2 saturated carbocycles. The van der Waals surface area contributed by atoms with Crippen LogP contribution in [0.15, 0.2) is 43.0 Å². The van der Waals surface area contributed by atoms with Gasteiger partial charge in [-0.1, -0.05) is 0 Å². The molecule has 5 rings (SSSR count). The van der Waals surface area contributed by atoms with Crippen LogP contribution in [0.3, 0.4) is 0 Å². The molecular weight excluding hydrogens is 535 g/mol. The van der Waals surface area contributed by atoms with Crippen molar-refractivity contribution in [1.29, 1.82) is 0 Å². The summed E-state index contributed by atoms with van der Waals surface area (Å²) in [6.07, 6.45) is 1.32. The maximum atomic E-state index is 13.9. The van der Waals surface area contributed by atoms with Crippen LogP contribution >= 0.6 is 0 Å². The van der Waals surface area contributed by atoms with Crippen molar-refractivity contribution in [3.63, 3.8) is 0 Å². The zero-order valence-corrected chi connectivity index (χ0v) is 21.5. The van der Waals surface area contributed by atoms with Gasteiger partial charge in [-0.15, -0.1) is 0 Å². The van der Waals surface area contributed by atoms with E-state index in [4.69, 9.17) is 0 Å². The highest BCUT2D eigenvalue weighted by molar-refractivity contribution is 5.94. The van der Waals surface area contributed by atoms with E-state index in [0.29, 0.717) is 22.5 Å². The molecule has 2 fully saturated rings. The zero-order chi connectivity index (χ0) is 28.5. The number of nitrogens with zero attached hydrogens (tertiary/aromatic N) is 4. The summed E-state index contributed by atoms with van der Waals surface area (Å²) in [6, 6.07) is 3.78. The maximum absolute atomic E-state index is 13.9. The molecule has 2 aliphatic rings. The molecule has 0 radical (unpaired) electrons. The first-order valence-electron chi connectivity index (χ1n) is 13.3. The minimum Gasteiger partial charge on any atom is -0.349 e. The van der Waals surface area contributed by atoms with E-state index in [1.807, 2.05) is 0 Å². The molecule has 3 aromatic rings. The van der Waals surface area contributed by atoms with Crippen LogP contribution < -0.4 is 10.6 Å². The molecule has 2 atom stereocenters. The Labute approximate surface area is 226 Å². The van der Waals surface area contributed by atoms with E-state index >= 15 is 0 Å². The number of imidazole rings is 1. The maximum Gasteiger partial charge on any atom is 0.389 e. The molecule has 2 aliphatic carbocycles. The minimum absolute atomic E-state index is 0.0870. The first-order valence-corrected chi connectivity index (χ1v) is 13.3. The number of amides is 2. The Hall–Kier alpha value is -3.64. The fraction of sp³-hybridized carbons (Fsp3) is 0.519. The average Bonchev–Trinajstić information content (AvgIpc) is 3.67. The Balaban J connectivity index is 1.39. The van der Waals surface area contributed by atoms with Crippen molar-refractivity contribution in [1.82, 2.24) is 30.2 Å². The van der Waals surface area contributed by atoms with Crippen LogP contribution in [0.2, 0.25) is 0 Å². The second-order valence-electron chi connectivity index (χ2n) is 10.6. The topological polar surface area (TPSA) is 101 Å². The van der Waals surface area contributed by atoms with Gasteiger partial charge in [-0.2, -0.15) is 18.3 Å². The van der Waals surface area contributed by atoms with Crippen molar-refractivity contribution >= 4 is 17.5 Å². The highest BCUT2D eigenvalue weighted by Gasteiger charge is 2.40. The summed E-state index contributed by atoms with van der Waals surface area (Å²) in [5, 5.41) is 10.1. The van der Waals surface area contributed by atoms with Gasteiger partial charge in [0.1, 0.15) is 0 Å². The van der Waals surface area contributed by atoms with E-state index in [1.165, 1.54) is 23.1 Å². The third-order valence-corrected chi connectivity index (χ3v) is 7.53. The molecule has 40 heavy (non-hydrogen) atoms. The molecule has 0 bridgehead atoms. The monoisotopic (exact) mass is 564 g/mol. The van der Waals surface area contributed by atoms with Crippen molar-refractivity contribution in [3.05, 3.63) is 59.8 Å². The molecule has 0 aliphatic heterocycles. The number of halogens is 5. The first-order chi connectivity index (χ1) is 19.0. The van der Waals surface area contributed by atoms with E-state index in [1.54, 1.807) is 24.4 Å². The van der Waals surface area contributed by atoms with Gasteiger partial charge in [0.05, 0.1) is 42.2 Å². The molecule has 2 amide bonds. The number of pyridine rings is 1. The SMILES string of the molecule is O=C(CCC(F)(F)F)N[C@@H](c1cnn2cc([C@@H](NC(=O)c3cccnc3)C3CCC(F)(F)CC3)nc2c1)C1CC1. The lowest BCUT2D eigenvalue weighted by molar-refractivity contribution is -0.144. The smallest absolute Gasteiger partial charge is 0.349 e. The van der Waals surface area contributed by atoms with Crippen LogP contribution in [-0.4, -0.2) is 43.5 Å². The number of carbonyl (C=O) groups is 2. The first kappa shape index (κ1) is 27.9. The Kier molecular flexibility index (Phi) is 7.74. The quantitative estimate of drug-likeness (QED) is 0.342. The van der Waals surface area contributed by atoms with Crippen LogP contribution in [0.1, 0.15) is 85.1 Å². The van der Waals surface area contributed by atoms with Crippen molar-refractivity contribution in [3.8, 4) is 0 Å². The van der Waals surface area contributed by atoms with Crippen molar-refractivity contribution in [2.45, 2.75) is 75.5 Å². The summed E-state index contributed by atoms with van der Waals surface area (Å²) >= 11 is 0. The summed E-state index contributed by atoms with van der Waals surface area (Å²) in [7, 11) is 0. The number of alkyl halides is 5. The van der Waals surface area contributed by atoms with Gasteiger partial charge in [-0.05, 0) is 61.3 Å². The Morgan fingerprint density at radius 1 is 1.05 bits per heavy atom. The molecular formula is C27H29F5N6O2. The number of hydrogen-bond acceptors (Lipinski definition) is 5. The number of carbonyl (C=O) groups excluding carboxylic acids is 2. The lowest BCUT2D eigenvalue weighted by Crippen LogP contribution is -2.37. The van der Waals surface area contributed by atoms with Crippen molar-refractivity contribution in [2.24, 2.45) is 11.8 Å². The van der Waals surface area contributed by atoms with Gasteiger partial charge in [0, 0.05) is 31.7 Å². The van der Waals surface area contributed by atoms with E-state index < -0.39 is 48.8 Å². The molecule has 3 aromatic heterocycles.